The van der Waals surface area contributed by atoms with E-state index < -0.39 is 0 Å². The molecular weight excluding hydrogens is 418 g/mol. The highest BCUT2D eigenvalue weighted by molar-refractivity contribution is 7.99. The molecule has 8 nitrogen and oxygen atoms in total. The van der Waals surface area contributed by atoms with Crippen LogP contribution in [0.1, 0.15) is 11.3 Å². The summed E-state index contributed by atoms with van der Waals surface area (Å²) < 4.78 is 17.6. The van der Waals surface area contributed by atoms with Gasteiger partial charge in [0.15, 0.2) is 16.7 Å². The van der Waals surface area contributed by atoms with Crippen molar-refractivity contribution in [1.29, 1.82) is 0 Å². The molecule has 0 aliphatic rings. The summed E-state index contributed by atoms with van der Waals surface area (Å²) in [4.78, 5) is 16.9. The SMILES string of the molecule is COc1ccc(Cn2cc(CO)nc2SCC(=O)Nc2ccc(OC)c(OC)c2)cc1. The van der Waals surface area contributed by atoms with Crippen LogP contribution in [0, 0.1) is 0 Å². The van der Waals surface area contributed by atoms with Crippen LogP contribution in [0.3, 0.4) is 0 Å². The Labute approximate surface area is 185 Å². The van der Waals surface area contributed by atoms with Gasteiger partial charge in [0.05, 0.1) is 39.4 Å². The quantitative estimate of drug-likeness (QED) is 0.465. The molecule has 0 saturated carbocycles. The summed E-state index contributed by atoms with van der Waals surface area (Å²) in [5.41, 5.74) is 2.22. The molecule has 0 aliphatic heterocycles. The number of aliphatic hydroxyl groups is 1. The number of aromatic nitrogens is 2. The molecule has 0 aliphatic carbocycles. The van der Waals surface area contributed by atoms with E-state index in [-0.39, 0.29) is 18.3 Å². The fourth-order valence-electron chi connectivity index (χ4n) is 2.92. The number of hydrogen-bond acceptors (Lipinski definition) is 7. The van der Waals surface area contributed by atoms with Crippen molar-refractivity contribution < 1.29 is 24.1 Å². The van der Waals surface area contributed by atoms with Crippen molar-refractivity contribution in [3.63, 3.8) is 0 Å². The molecule has 9 heteroatoms. The number of imidazole rings is 1. The average molecular weight is 444 g/mol. The van der Waals surface area contributed by atoms with Crippen LogP contribution in [-0.2, 0) is 17.9 Å². The Kier molecular flexibility index (Phi) is 7.80. The van der Waals surface area contributed by atoms with E-state index in [4.69, 9.17) is 14.2 Å². The lowest BCUT2D eigenvalue weighted by atomic mass is 10.2. The minimum Gasteiger partial charge on any atom is -0.497 e. The van der Waals surface area contributed by atoms with E-state index in [1.54, 1.807) is 45.7 Å². The number of aliphatic hydroxyl groups excluding tert-OH is 1. The third-order valence-corrected chi connectivity index (χ3v) is 5.45. The van der Waals surface area contributed by atoms with Crippen LogP contribution in [0.5, 0.6) is 17.2 Å². The van der Waals surface area contributed by atoms with Crippen LogP contribution < -0.4 is 19.5 Å². The molecule has 1 amide bonds. The van der Waals surface area contributed by atoms with Gasteiger partial charge in [0.1, 0.15) is 5.75 Å². The zero-order valence-corrected chi connectivity index (χ0v) is 18.4. The van der Waals surface area contributed by atoms with Gasteiger partial charge < -0.3 is 29.2 Å². The Morgan fingerprint density at radius 1 is 1.06 bits per heavy atom. The maximum absolute atomic E-state index is 12.5. The van der Waals surface area contributed by atoms with E-state index in [0.29, 0.717) is 34.6 Å². The second kappa shape index (κ2) is 10.7. The Balaban J connectivity index is 1.65. The molecular formula is C22H25N3O5S. The number of rotatable bonds is 10. The van der Waals surface area contributed by atoms with Gasteiger partial charge in [0, 0.05) is 24.5 Å². The van der Waals surface area contributed by atoms with Crippen LogP contribution in [0.25, 0.3) is 0 Å². The van der Waals surface area contributed by atoms with Crippen molar-refractivity contribution in [1.82, 2.24) is 9.55 Å². The standard InChI is InChI=1S/C22H25N3O5S/c1-28-18-7-4-15(5-8-18)11-25-12-17(13-26)24-22(25)31-14-21(27)23-16-6-9-19(29-2)20(10-16)30-3/h4-10,12,26H,11,13-14H2,1-3H3,(H,23,27). The Hall–Kier alpha value is -3.17. The molecule has 1 aromatic heterocycles. The first-order chi connectivity index (χ1) is 15.1. The second-order valence-corrected chi connectivity index (χ2v) is 7.50. The maximum atomic E-state index is 12.5. The molecule has 1 heterocycles. The van der Waals surface area contributed by atoms with Gasteiger partial charge in [-0.3, -0.25) is 4.79 Å². The first kappa shape index (κ1) is 22.5. The van der Waals surface area contributed by atoms with Crippen molar-refractivity contribution >= 4 is 23.4 Å². The zero-order valence-electron chi connectivity index (χ0n) is 17.6. The molecule has 0 atom stereocenters. The van der Waals surface area contributed by atoms with E-state index in [0.717, 1.165) is 11.3 Å². The number of carbonyl (C=O) groups is 1. The molecule has 0 saturated heterocycles. The molecule has 3 aromatic rings. The van der Waals surface area contributed by atoms with Crippen LogP contribution in [0.15, 0.2) is 53.8 Å². The summed E-state index contributed by atoms with van der Waals surface area (Å²) in [5.74, 6) is 1.90. The number of benzene rings is 2. The minimum absolute atomic E-state index is 0.166. The lowest BCUT2D eigenvalue weighted by molar-refractivity contribution is -0.113. The van der Waals surface area contributed by atoms with Crippen LogP contribution >= 0.6 is 11.8 Å². The maximum Gasteiger partial charge on any atom is 0.234 e. The number of amides is 1. The van der Waals surface area contributed by atoms with Crippen LogP contribution in [0.2, 0.25) is 0 Å². The van der Waals surface area contributed by atoms with Gasteiger partial charge in [-0.2, -0.15) is 0 Å². The molecule has 2 N–H and O–H groups in total. The third-order valence-electron chi connectivity index (χ3n) is 4.46. The van der Waals surface area contributed by atoms with Crippen molar-refractivity contribution in [3.8, 4) is 17.2 Å². The fraction of sp³-hybridized carbons (Fsp3) is 0.273. The Bertz CT molecular complexity index is 1020. The summed E-state index contributed by atoms with van der Waals surface area (Å²) in [5, 5.41) is 13.0. The Morgan fingerprint density at radius 2 is 1.81 bits per heavy atom. The van der Waals surface area contributed by atoms with E-state index in [2.05, 4.69) is 10.3 Å². The summed E-state index contributed by atoms with van der Waals surface area (Å²) in [6.45, 7) is 0.400. The Morgan fingerprint density at radius 3 is 2.45 bits per heavy atom. The lowest BCUT2D eigenvalue weighted by Gasteiger charge is -2.11. The highest BCUT2D eigenvalue weighted by atomic mass is 32.2. The smallest absolute Gasteiger partial charge is 0.234 e. The number of ether oxygens (including phenoxy) is 3. The monoisotopic (exact) mass is 443 g/mol. The predicted molar refractivity (Wildman–Crippen MR) is 119 cm³/mol. The van der Waals surface area contributed by atoms with Crippen molar-refractivity contribution in [2.45, 2.75) is 18.3 Å². The van der Waals surface area contributed by atoms with Crippen molar-refractivity contribution in [2.75, 3.05) is 32.4 Å². The number of thioether (sulfide) groups is 1. The molecule has 164 valence electrons. The predicted octanol–water partition coefficient (Wildman–Crippen LogP) is 3.18. The van der Waals surface area contributed by atoms with Gasteiger partial charge in [-0.15, -0.1) is 0 Å². The molecule has 31 heavy (non-hydrogen) atoms. The first-order valence-corrected chi connectivity index (χ1v) is 10.5. The lowest BCUT2D eigenvalue weighted by Crippen LogP contribution is -2.14. The van der Waals surface area contributed by atoms with E-state index in [1.165, 1.54) is 11.8 Å². The molecule has 0 radical (unpaired) electrons. The van der Waals surface area contributed by atoms with Crippen LogP contribution in [-0.4, -0.2) is 47.6 Å². The highest BCUT2D eigenvalue weighted by Gasteiger charge is 2.13. The van der Waals surface area contributed by atoms with Gasteiger partial charge in [-0.05, 0) is 29.8 Å². The van der Waals surface area contributed by atoms with Gasteiger partial charge >= 0.3 is 0 Å². The molecule has 3 rings (SSSR count). The highest BCUT2D eigenvalue weighted by Crippen LogP contribution is 2.30. The van der Waals surface area contributed by atoms with E-state index in [1.807, 2.05) is 28.8 Å². The topological polar surface area (TPSA) is 94.8 Å². The summed E-state index contributed by atoms with van der Waals surface area (Å²) >= 11 is 1.30. The second-order valence-electron chi connectivity index (χ2n) is 6.56. The largest absolute Gasteiger partial charge is 0.497 e. The fourth-order valence-corrected chi connectivity index (χ4v) is 3.72. The summed E-state index contributed by atoms with van der Waals surface area (Å²) in [6, 6.07) is 12.9. The molecule has 2 aromatic carbocycles. The molecule has 0 bridgehead atoms. The number of nitrogens with zero attached hydrogens (tertiary/aromatic N) is 2. The van der Waals surface area contributed by atoms with Gasteiger partial charge in [-0.1, -0.05) is 23.9 Å². The molecule has 0 spiro atoms. The number of methoxy groups -OCH3 is 3. The van der Waals surface area contributed by atoms with Gasteiger partial charge in [-0.25, -0.2) is 4.98 Å². The number of nitrogens with one attached hydrogen (secondary N) is 1. The van der Waals surface area contributed by atoms with Gasteiger partial charge in [0.25, 0.3) is 0 Å². The number of carbonyl (C=O) groups excluding carboxylic acids is 1. The van der Waals surface area contributed by atoms with Crippen molar-refractivity contribution in [3.05, 3.63) is 59.9 Å². The van der Waals surface area contributed by atoms with Crippen molar-refractivity contribution in [2.24, 2.45) is 0 Å². The third kappa shape index (κ3) is 5.93. The molecule has 0 fully saturated rings. The number of anilines is 1. The first-order valence-electron chi connectivity index (χ1n) is 9.50. The van der Waals surface area contributed by atoms with E-state index in [9.17, 15) is 9.90 Å². The number of hydrogen-bond donors (Lipinski definition) is 2. The summed E-state index contributed by atoms with van der Waals surface area (Å²) in [7, 11) is 4.72. The minimum atomic E-state index is -0.179. The zero-order chi connectivity index (χ0) is 22.2. The van der Waals surface area contributed by atoms with E-state index >= 15 is 0 Å². The molecule has 0 unspecified atom stereocenters. The average Bonchev–Trinajstić information content (AvgIpc) is 3.19. The normalized spacial score (nSPS) is 10.6. The summed E-state index contributed by atoms with van der Waals surface area (Å²) in [6.07, 6.45) is 1.79. The van der Waals surface area contributed by atoms with Gasteiger partial charge in [0.2, 0.25) is 5.91 Å². The van der Waals surface area contributed by atoms with Crippen LogP contribution in [0.4, 0.5) is 5.69 Å².